The van der Waals surface area contributed by atoms with Crippen molar-refractivity contribution in [2.45, 2.75) is 6.54 Å². The SMILES string of the molecule is COCCOc1ccc2c(c1)C(=O)N(c1nnc(C(=O)Nc3cnccc3N3CCNCC3)s1)C2. The van der Waals surface area contributed by atoms with Gasteiger partial charge in [0.05, 0.1) is 30.7 Å². The number of methoxy groups -OCH3 is 1. The molecule has 4 heterocycles. The van der Waals surface area contributed by atoms with Crippen molar-refractivity contribution in [3.63, 3.8) is 0 Å². The van der Waals surface area contributed by atoms with Crippen molar-refractivity contribution >= 4 is 39.7 Å². The van der Waals surface area contributed by atoms with Gasteiger partial charge in [0.25, 0.3) is 11.8 Å². The Morgan fingerprint density at radius 3 is 2.89 bits per heavy atom. The molecule has 2 N–H and O–H groups in total. The summed E-state index contributed by atoms with van der Waals surface area (Å²) >= 11 is 1.07. The molecule has 0 bridgehead atoms. The third-order valence-electron chi connectivity index (χ3n) is 5.78. The van der Waals surface area contributed by atoms with Crippen molar-refractivity contribution < 1.29 is 19.1 Å². The van der Waals surface area contributed by atoms with Crippen LogP contribution in [-0.2, 0) is 11.3 Å². The maximum atomic E-state index is 13.0. The number of pyridine rings is 1. The van der Waals surface area contributed by atoms with Crippen molar-refractivity contribution in [1.29, 1.82) is 0 Å². The third kappa shape index (κ3) is 4.94. The Kier molecular flexibility index (Phi) is 6.84. The average Bonchev–Trinajstić information content (AvgIpc) is 3.50. The van der Waals surface area contributed by atoms with Gasteiger partial charge in [-0.05, 0) is 23.8 Å². The zero-order valence-electron chi connectivity index (χ0n) is 19.2. The lowest BCUT2D eigenvalue weighted by molar-refractivity contribution is 0.0994. The van der Waals surface area contributed by atoms with E-state index in [1.807, 2.05) is 18.2 Å². The topological polar surface area (TPSA) is 122 Å². The molecule has 1 saturated heterocycles. The van der Waals surface area contributed by atoms with E-state index < -0.39 is 5.91 Å². The van der Waals surface area contributed by atoms with Crippen molar-refractivity contribution in [2.75, 3.05) is 61.6 Å². The molecule has 5 rings (SSSR count). The van der Waals surface area contributed by atoms with Gasteiger partial charge in [0.1, 0.15) is 12.4 Å². The number of carbonyl (C=O) groups is 2. The molecule has 35 heavy (non-hydrogen) atoms. The van der Waals surface area contributed by atoms with Crippen LogP contribution >= 0.6 is 11.3 Å². The van der Waals surface area contributed by atoms with Crippen LogP contribution in [0.1, 0.15) is 25.7 Å². The molecule has 2 amide bonds. The monoisotopic (exact) mass is 495 g/mol. The molecule has 2 aliphatic rings. The Hall–Kier alpha value is -3.61. The number of anilines is 3. The standard InChI is InChI=1S/C23H25N7O4S/c1-33-10-11-34-16-3-2-15-14-30(22(32)17(15)12-16)23-28-27-21(35-23)20(31)26-18-13-25-5-4-19(18)29-8-6-24-7-9-29/h2-5,12-13,24H,6-11,14H2,1H3,(H,26,31). The molecule has 0 radical (unpaired) electrons. The Balaban J connectivity index is 1.28. The number of nitrogens with zero attached hydrogens (tertiary/aromatic N) is 5. The van der Waals surface area contributed by atoms with Gasteiger partial charge in [0.15, 0.2) is 0 Å². The van der Waals surface area contributed by atoms with Gasteiger partial charge in [0.2, 0.25) is 10.1 Å². The Bertz CT molecular complexity index is 1230. The number of rotatable bonds is 8. The van der Waals surface area contributed by atoms with E-state index in [0.29, 0.717) is 41.9 Å². The molecule has 0 atom stereocenters. The van der Waals surface area contributed by atoms with Gasteiger partial charge in [-0.2, -0.15) is 0 Å². The van der Waals surface area contributed by atoms with Crippen molar-refractivity contribution in [3.8, 4) is 5.75 Å². The lowest BCUT2D eigenvalue weighted by Crippen LogP contribution is -2.43. The average molecular weight is 496 g/mol. The lowest BCUT2D eigenvalue weighted by Gasteiger charge is -2.30. The highest BCUT2D eigenvalue weighted by Crippen LogP contribution is 2.33. The number of benzene rings is 1. The molecule has 2 aromatic heterocycles. The van der Waals surface area contributed by atoms with Crippen LogP contribution in [0.4, 0.5) is 16.5 Å². The van der Waals surface area contributed by atoms with Crippen LogP contribution in [0.15, 0.2) is 36.7 Å². The molecular weight excluding hydrogens is 470 g/mol. The van der Waals surface area contributed by atoms with Crippen LogP contribution in [0.25, 0.3) is 0 Å². The Labute approximate surface area is 206 Å². The summed E-state index contributed by atoms with van der Waals surface area (Å²) in [5.74, 6) is 0.00905. The number of ether oxygens (including phenoxy) is 2. The zero-order valence-corrected chi connectivity index (χ0v) is 20.0. The number of carbonyl (C=O) groups excluding carboxylic acids is 2. The number of nitrogens with one attached hydrogen (secondary N) is 2. The summed E-state index contributed by atoms with van der Waals surface area (Å²) in [6, 6.07) is 7.31. The number of aromatic nitrogens is 3. The Morgan fingerprint density at radius 1 is 1.20 bits per heavy atom. The molecule has 182 valence electrons. The van der Waals surface area contributed by atoms with Crippen LogP contribution in [-0.4, -0.2) is 73.5 Å². The zero-order chi connectivity index (χ0) is 24.2. The van der Waals surface area contributed by atoms with Gasteiger partial charge in [-0.15, -0.1) is 10.2 Å². The minimum absolute atomic E-state index is 0.169. The number of amides is 2. The predicted octanol–water partition coefficient (Wildman–Crippen LogP) is 1.78. The first-order chi connectivity index (χ1) is 17.1. The highest BCUT2D eigenvalue weighted by molar-refractivity contribution is 7.17. The second kappa shape index (κ2) is 10.3. The number of hydrogen-bond donors (Lipinski definition) is 2. The minimum Gasteiger partial charge on any atom is -0.491 e. The largest absolute Gasteiger partial charge is 0.491 e. The lowest BCUT2D eigenvalue weighted by atomic mass is 10.1. The van der Waals surface area contributed by atoms with Crippen LogP contribution in [0.3, 0.4) is 0 Å². The smallest absolute Gasteiger partial charge is 0.286 e. The Morgan fingerprint density at radius 2 is 2.06 bits per heavy atom. The summed E-state index contributed by atoms with van der Waals surface area (Å²) in [7, 11) is 1.60. The first-order valence-corrected chi connectivity index (χ1v) is 12.1. The molecule has 0 saturated carbocycles. The fourth-order valence-corrected chi connectivity index (χ4v) is 4.76. The number of hydrogen-bond acceptors (Lipinski definition) is 10. The first-order valence-electron chi connectivity index (χ1n) is 11.2. The van der Waals surface area contributed by atoms with E-state index in [4.69, 9.17) is 9.47 Å². The molecular formula is C23H25N7O4S. The van der Waals surface area contributed by atoms with Crippen LogP contribution in [0.2, 0.25) is 0 Å². The van der Waals surface area contributed by atoms with Gasteiger partial charge in [-0.3, -0.25) is 19.5 Å². The van der Waals surface area contributed by atoms with Crippen molar-refractivity contribution in [2.24, 2.45) is 0 Å². The second-order valence-corrected chi connectivity index (χ2v) is 8.98. The molecule has 0 unspecified atom stereocenters. The first kappa shape index (κ1) is 23.1. The summed E-state index contributed by atoms with van der Waals surface area (Å²) in [6.45, 7) is 4.65. The van der Waals surface area contributed by atoms with Gasteiger partial charge < -0.3 is 25.0 Å². The summed E-state index contributed by atoms with van der Waals surface area (Å²) < 4.78 is 10.6. The maximum absolute atomic E-state index is 13.0. The summed E-state index contributed by atoms with van der Waals surface area (Å²) in [6.07, 6.45) is 3.34. The van der Waals surface area contributed by atoms with E-state index in [0.717, 1.165) is 48.8 Å². The fourth-order valence-electron chi connectivity index (χ4n) is 4.02. The normalized spacial score (nSPS) is 15.3. The molecule has 1 aromatic carbocycles. The van der Waals surface area contributed by atoms with Gasteiger partial charge in [-0.1, -0.05) is 17.4 Å². The fraction of sp³-hybridized carbons (Fsp3) is 0.348. The molecule has 12 heteroatoms. The van der Waals surface area contributed by atoms with Gasteiger partial charge >= 0.3 is 0 Å². The van der Waals surface area contributed by atoms with E-state index in [9.17, 15) is 9.59 Å². The predicted molar refractivity (Wildman–Crippen MR) is 132 cm³/mol. The number of fused-ring (bicyclic) bond motifs is 1. The number of piperazine rings is 1. The highest BCUT2D eigenvalue weighted by atomic mass is 32.1. The highest BCUT2D eigenvalue weighted by Gasteiger charge is 2.32. The quantitative estimate of drug-likeness (QED) is 0.450. The van der Waals surface area contributed by atoms with Crippen molar-refractivity contribution in [3.05, 3.63) is 52.8 Å². The van der Waals surface area contributed by atoms with Gasteiger partial charge in [0, 0.05) is 45.0 Å². The van der Waals surface area contributed by atoms with E-state index in [1.54, 1.807) is 25.6 Å². The van der Waals surface area contributed by atoms with E-state index in [-0.39, 0.29) is 10.9 Å². The summed E-state index contributed by atoms with van der Waals surface area (Å²) in [5, 5.41) is 14.9. The van der Waals surface area contributed by atoms with Crippen LogP contribution in [0, 0.1) is 0 Å². The third-order valence-corrected chi connectivity index (χ3v) is 6.73. The summed E-state index contributed by atoms with van der Waals surface area (Å²) in [5.41, 5.74) is 2.94. The minimum atomic E-state index is -0.392. The molecule has 11 nitrogen and oxygen atoms in total. The molecule has 2 aliphatic heterocycles. The van der Waals surface area contributed by atoms with E-state index in [1.165, 1.54) is 4.90 Å². The maximum Gasteiger partial charge on any atom is 0.286 e. The van der Waals surface area contributed by atoms with Crippen LogP contribution in [0.5, 0.6) is 5.75 Å². The second-order valence-electron chi connectivity index (χ2n) is 8.03. The molecule has 1 fully saturated rings. The van der Waals surface area contributed by atoms with E-state index in [2.05, 4.69) is 30.7 Å². The van der Waals surface area contributed by atoms with E-state index >= 15 is 0 Å². The summed E-state index contributed by atoms with van der Waals surface area (Å²) in [4.78, 5) is 33.9. The van der Waals surface area contributed by atoms with Gasteiger partial charge in [-0.25, -0.2) is 0 Å². The molecule has 0 spiro atoms. The molecule has 0 aliphatic carbocycles. The van der Waals surface area contributed by atoms with Crippen LogP contribution < -0.4 is 25.2 Å². The molecule has 3 aromatic rings. The van der Waals surface area contributed by atoms with Crippen molar-refractivity contribution in [1.82, 2.24) is 20.5 Å².